The van der Waals surface area contributed by atoms with Gasteiger partial charge in [-0.15, -0.1) is 0 Å². The summed E-state index contributed by atoms with van der Waals surface area (Å²) in [6.45, 7) is 3.69. The van der Waals surface area contributed by atoms with Gasteiger partial charge in [0.15, 0.2) is 0 Å². The summed E-state index contributed by atoms with van der Waals surface area (Å²) < 4.78 is 29.3. The predicted molar refractivity (Wildman–Crippen MR) is 72.8 cm³/mol. The van der Waals surface area contributed by atoms with Crippen LogP contribution in [0.5, 0.6) is 0 Å². The Morgan fingerprint density at radius 2 is 2.11 bits per heavy atom. The fourth-order valence-corrected chi connectivity index (χ4v) is 3.42. The summed E-state index contributed by atoms with van der Waals surface area (Å²) >= 11 is 3.00. The normalized spacial score (nSPS) is 22.2. The Balaban J connectivity index is 2.18. The summed E-state index contributed by atoms with van der Waals surface area (Å²) in [7, 11) is -3.68. The molecule has 0 bridgehead atoms. The van der Waals surface area contributed by atoms with Crippen molar-refractivity contribution in [1.29, 1.82) is 0 Å². The Morgan fingerprint density at radius 1 is 1.39 bits per heavy atom. The van der Waals surface area contributed by atoms with Crippen LogP contribution in [0.2, 0.25) is 0 Å². The molecule has 0 unspecified atom stereocenters. The van der Waals surface area contributed by atoms with Crippen molar-refractivity contribution in [3.05, 3.63) is 29.3 Å². The molecule has 18 heavy (non-hydrogen) atoms. The van der Waals surface area contributed by atoms with Gasteiger partial charge in [-0.2, -0.15) is 8.42 Å². The van der Waals surface area contributed by atoms with Crippen LogP contribution in [0.1, 0.15) is 17.5 Å². The lowest BCUT2D eigenvalue weighted by Crippen LogP contribution is -2.10. The third-order valence-electron chi connectivity index (χ3n) is 2.82. The zero-order valence-corrected chi connectivity index (χ0v) is 12.5. The van der Waals surface area contributed by atoms with Gasteiger partial charge in [-0.3, -0.25) is 4.18 Å². The maximum absolute atomic E-state index is 12.1. The minimum absolute atomic E-state index is 0.0184. The van der Waals surface area contributed by atoms with E-state index >= 15 is 0 Å². The number of hydrogen-bond acceptors (Lipinski definition) is 3. The van der Waals surface area contributed by atoms with Crippen molar-refractivity contribution in [2.75, 3.05) is 0 Å². The van der Waals surface area contributed by atoms with Crippen LogP contribution in [0.25, 0.3) is 0 Å². The summed E-state index contributed by atoms with van der Waals surface area (Å²) in [5, 5.41) is 0. The predicted octanol–water partition coefficient (Wildman–Crippen LogP) is 2.75. The second-order valence-corrected chi connectivity index (χ2v) is 6.38. The quantitative estimate of drug-likeness (QED) is 0.633. The smallest absolute Gasteiger partial charge is 0.262 e. The van der Waals surface area contributed by atoms with Crippen LogP contribution < -0.4 is 0 Å². The molecule has 3 nitrogen and oxygen atoms in total. The molecule has 1 aliphatic carbocycles. The molecule has 0 amide bonds. The Bertz CT molecular complexity index is 625. The highest BCUT2D eigenvalue weighted by atomic mass is 79.9. The average Bonchev–Trinajstić information content (AvgIpc) is 2.95. The van der Waals surface area contributed by atoms with E-state index in [-0.39, 0.29) is 16.9 Å². The zero-order chi connectivity index (χ0) is 13.3. The molecule has 0 N–H and O–H groups in total. The highest BCUT2D eigenvalue weighted by Crippen LogP contribution is 2.36. The fourth-order valence-electron chi connectivity index (χ4n) is 1.79. The maximum atomic E-state index is 12.1. The first-order valence-corrected chi connectivity index (χ1v) is 7.76. The van der Waals surface area contributed by atoms with E-state index in [1.54, 1.807) is 19.1 Å². The largest absolute Gasteiger partial charge is 0.297 e. The molecule has 1 aromatic carbocycles. The lowest BCUT2D eigenvalue weighted by Gasteiger charge is -2.08. The monoisotopic (exact) mass is 328 g/mol. The highest BCUT2D eigenvalue weighted by Gasteiger charge is 2.41. The molecular formula is C13H13BrO3S. The van der Waals surface area contributed by atoms with Gasteiger partial charge in [0, 0.05) is 15.9 Å². The van der Waals surface area contributed by atoms with E-state index in [1.807, 2.05) is 13.0 Å². The third-order valence-corrected chi connectivity index (χ3v) is 4.55. The SMILES string of the molecule is Cc1ccc(S(=O)(=O)O[C@@H]2C[C@@H]2C#CBr)c(C)c1. The molecule has 0 aromatic heterocycles. The molecule has 0 heterocycles. The van der Waals surface area contributed by atoms with E-state index in [4.69, 9.17) is 4.18 Å². The van der Waals surface area contributed by atoms with E-state index in [9.17, 15) is 8.42 Å². The van der Waals surface area contributed by atoms with Gasteiger partial charge in [-0.05, 0) is 36.7 Å². The van der Waals surface area contributed by atoms with Gasteiger partial charge in [0.25, 0.3) is 10.1 Å². The Hall–Kier alpha value is -0.830. The third kappa shape index (κ3) is 2.94. The molecule has 0 spiro atoms. The average molecular weight is 329 g/mol. The molecule has 1 saturated carbocycles. The van der Waals surface area contributed by atoms with Crippen LogP contribution in [-0.2, 0) is 14.3 Å². The summed E-state index contributed by atoms with van der Waals surface area (Å²) in [6.07, 6.45) is 0.365. The van der Waals surface area contributed by atoms with Crippen molar-refractivity contribution >= 4 is 26.0 Å². The molecule has 0 radical (unpaired) electrons. The van der Waals surface area contributed by atoms with Gasteiger partial charge in [0.05, 0.1) is 16.9 Å². The number of hydrogen-bond donors (Lipinski definition) is 0. The van der Waals surface area contributed by atoms with Crippen LogP contribution in [-0.4, -0.2) is 14.5 Å². The van der Waals surface area contributed by atoms with Crippen molar-refractivity contribution in [3.63, 3.8) is 0 Å². The van der Waals surface area contributed by atoms with Gasteiger partial charge in [-0.25, -0.2) is 0 Å². The molecule has 5 heteroatoms. The fraction of sp³-hybridized carbons (Fsp3) is 0.385. The first-order valence-electron chi connectivity index (χ1n) is 5.56. The summed E-state index contributed by atoms with van der Waals surface area (Å²) in [5.41, 5.74) is 1.74. The minimum Gasteiger partial charge on any atom is -0.262 e. The Kier molecular flexibility index (Phi) is 3.81. The van der Waals surface area contributed by atoms with Crippen molar-refractivity contribution in [2.24, 2.45) is 5.92 Å². The molecule has 1 fully saturated rings. The zero-order valence-electron chi connectivity index (χ0n) is 10.1. The second kappa shape index (κ2) is 5.04. The highest BCUT2D eigenvalue weighted by molar-refractivity contribution is 9.12. The summed E-state index contributed by atoms with van der Waals surface area (Å²) in [4.78, 5) is 2.83. The molecule has 2 rings (SSSR count). The minimum atomic E-state index is -3.68. The van der Waals surface area contributed by atoms with Gasteiger partial charge < -0.3 is 0 Å². The second-order valence-electron chi connectivity index (χ2n) is 4.44. The van der Waals surface area contributed by atoms with Crippen LogP contribution in [0, 0.1) is 30.5 Å². The maximum Gasteiger partial charge on any atom is 0.297 e. The van der Waals surface area contributed by atoms with Gasteiger partial charge in [0.1, 0.15) is 0 Å². The standard InChI is InChI=1S/C13H13BrO3S/c1-9-3-4-13(10(2)7-9)18(15,16)17-12-8-11(12)5-6-14/h3-4,7,11-12H,8H2,1-2H3/t11-,12+/m0/s1. The number of aryl methyl sites for hydroxylation is 2. The van der Waals surface area contributed by atoms with Gasteiger partial charge in [0.2, 0.25) is 0 Å². The molecule has 2 atom stereocenters. The summed E-state index contributed by atoms with van der Waals surface area (Å²) in [5.74, 6) is 2.86. The van der Waals surface area contributed by atoms with Crippen molar-refractivity contribution in [2.45, 2.75) is 31.3 Å². The van der Waals surface area contributed by atoms with Gasteiger partial charge in [-0.1, -0.05) is 23.6 Å². The first kappa shape index (κ1) is 13.6. The van der Waals surface area contributed by atoms with Crippen molar-refractivity contribution in [1.82, 2.24) is 0 Å². The molecule has 96 valence electrons. The molecular weight excluding hydrogens is 316 g/mol. The van der Waals surface area contributed by atoms with E-state index < -0.39 is 10.1 Å². The van der Waals surface area contributed by atoms with Crippen LogP contribution >= 0.6 is 15.9 Å². The lowest BCUT2D eigenvalue weighted by molar-refractivity contribution is 0.297. The van der Waals surface area contributed by atoms with Crippen LogP contribution in [0.4, 0.5) is 0 Å². The van der Waals surface area contributed by atoms with E-state index in [2.05, 4.69) is 26.7 Å². The lowest BCUT2D eigenvalue weighted by atomic mass is 10.2. The van der Waals surface area contributed by atoms with Crippen molar-refractivity contribution in [3.8, 4) is 10.8 Å². The molecule has 0 saturated heterocycles. The number of halogens is 1. The molecule has 0 aliphatic heterocycles. The molecule has 1 aliphatic rings. The topological polar surface area (TPSA) is 43.4 Å². The molecule has 1 aromatic rings. The Morgan fingerprint density at radius 3 is 2.72 bits per heavy atom. The van der Waals surface area contributed by atoms with E-state index in [0.717, 1.165) is 5.56 Å². The summed E-state index contributed by atoms with van der Waals surface area (Å²) in [6, 6.07) is 5.19. The van der Waals surface area contributed by atoms with Crippen LogP contribution in [0.15, 0.2) is 23.1 Å². The van der Waals surface area contributed by atoms with Crippen molar-refractivity contribution < 1.29 is 12.6 Å². The van der Waals surface area contributed by atoms with Crippen LogP contribution in [0.3, 0.4) is 0 Å². The Labute approximate surface area is 116 Å². The first-order chi connectivity index (χ1) is 8.44. The number of rotatable bonds is 3. The van der Waals surface area contributed by atoms with E-state index in [1.165, 1.54) is 0 Å². The van der Waals surface area contributed by atoms with Gasteiger partial charge >= 0.3 is 0 Å². The van der Waals surface area contributed by atoms with E-state index in [0.29, 0.717) is 12.0 Å². The number of benzene rings is 1.